The molecule has 0 spiro atoms. The highest BCUT2D eigenvalue weighted by Gasteiger charge is 2.15. The number of aromatic nitrogens is 5. The normalized spacial score (nSPS) is 10.8. The first-order chi connectivity index (χ1) is 17.5. The Morgan fingerprint density at radius 3 is 2.47 bits per heavy atom. The molecule has 0 bridgehead atoms. The second-order valence-corrected chi connectivity index (χ2v) is 8.51. The topological polar surface area (TPSA) is 135 Å². The van der Waals surface area contributed by atoms with Crippen LogP contribution in [0.2, 0.25) is 0 Å². The molecule has 0 saturated carbocycles. The number of rotatable bonds is 6. The van der Waals surface area contributed by atoms with Crippen LogP contribution in [0.3, 0.4) is 0 Å². The maximum absolute atomic E-state index is 13.4. The highest BCUT2D eigenvalue weighted by atomic mass is 32.2. The molecule has 0 radical (unpaired) electrons. The lowest BCUT2D eigenvalue weighted by molar-refractivity contribution is 0.628. The van der Waals surface area contributed by atoms with E-state index in [0.29, 0.717) is 38.8 Å². The van der Waals surface area contributed by atoms with Crippen molar-refractivity contribution < 1.29 is 4.39 Å². The Hall–Kier alpha value is -4.82. The molecule has 0 fully saturated rings. The number of anilines is 3. The van der Waals surface area contributed by atoms with Gasteiger partial charge in [-0.1, -0.05) is 23.9 Å². The molecule has 0 aliphatic carbocycles. The highest BCUT2D eigenvalue weighted by molar-refractivity contribution is 7.98. The van der Waals surface area contributed by atoms with Gasteiger partial charge < -0.3 is 11.1 Å². The smallest absolute Gasteiger partial charge is 0.266 e. The molecule has 0 aliphatic rings. The van der Waals surface area contributed by atoms with Crippen molar-refractivity contribution >= 4 is 40.2 Å². The Morgan fingerprint density at radius 1 is 0.972 bits per heavy atom. The standard InChI is InChI=1S/C25H17FN8OS/c26-16-7-9-17(10-8-16)29-24-32-21(31-23(28)33-24)14-36-25-30-20-4-2-1-3-19(20)22(35)34(25)18-11-5-15(13-27)6-12-18/h1-12H,14H2,(H3,28,29,31,32,33). The van der Waals surface area contributed by atoms with Crippen molar-refractivity contribution in [2.45, 2.75) is 10.9 Å². The molecule has 5 rings (SSSR count). The minimum absolute atomic E-state index is 0.0150. The molecular weight excluding hydrogens is 479 g/mol. The lowest BCUT2D eigenvalue weighted by Gasteiger charge is -2.13. The Kier molecular flexibility index (Phi) is 6.25. The second-order valence-electron chi connectivity index (χ2n) is 7.56. The number of thioether (sulfide) groups is 1. The number of halogens is 1. The summed E-state index contributed by atoms with van der Waals surface area (Å²) in [5.41, 5.74) is 7.86. The summed E-state index contributed by atoms with van der Waals surface area (Å²) in [5.74, 6) is 0.475. The molecule has 0 unspecified atom stereocenters. The van der Waals surface area contributed by atoms with Crippen LogP contribution < -0.4 is 16.6 Å². The lowest BCUT2D eigenvalue weighted by atomic mass is 10.2. The Balaban J connectivity index is 1.49. The first kappa shape index (κ1) is 22.9. The SMILES string of the molecule is N#Cc1ccc(-n2c(SCc3nc(N)nc(Nc4ccc(F)cc4)n3)nc3ccccc3c2=O)cc1. The van der Waals surface area contributed by atoms with Gasteiger partial charge in [0.15, 0.2) is 5.16 Å². The number of nitriles is 1. The Labute approximate surface area is 208 Å². The van der Waals surface area contributed by atoms with Gasteiger partial charge in [0.05, 0.1) is 34.0 Å². The van der Waals surface area contributed by atoms with Gasteiger partial charge in [-0.15, -0.1) is 0 Å². The van der Waals surface area contributed by atoms with Gasteiger partial charge in [0.1, 0.15) is 11.6 Å². The molecular formula is C25H17FN8OS. The van der Waals surface area contributed by atoms with Gasteiger partial charge in [-0.3, -0.25) is 9.36 Å². The number of nitrogen functional groups attached to an aromatic ring is 1. The number of nitrogens with one attached hydrogen (secondary N) is 1. The van der Waals surface area contributed by atoms with E-state index >= 15 is 0 Å². The van der Waals surface area contributed by atoms with Crippen molar-refractivity contribution in [1.82, 2.24) is 24.5 Å². The predicted octanol–water partition coefficient (Wildman–Crippen LogP) is 4.20. The van der Waals surface area contributed by atoms with Crippen LogP contribution in [-0.4, -0.2) is 24.5 Å². The largest absolute Gasteiger partial charge is 0.368 e. The van der Waals surface area contributed by atoms with Crippen molar-refractivity contribution in [1.29, 1.82) is 5.26 Å². The Bertz CT molecular complexity index is 1660. The maximum Gasteiger partial charge on any atom is 0.266 e. The number of benzene rings is 3. The third-order valence-electron chi connectivity index (χ3n) is 5.13. The quantitative estimate of drug-likeness (QED) is 0.262. The fourth-order valence-electron chi connectivity index (χ4n) is 3.47. The summed E-state index contributed by atoms with van der Waals surface area (Å²) >= 11 is 1.26. The van der Waals surface area contributed by atoms with Crippen molar-refractivity contribution in [2.24, 2.45) is 0 Å². The second kappa shape index (κ2) is 9.81. The van der Waals surface area contributed by atoms with Gasteiger partial charge in [0.25, 0.3) is 5.56 Å². The van der Waals surface area contributed by atoms with E-state index in [1.54, 1.807) is 54.6 Å². The van der Waals surface area contributed by atoms with E-state index in [9.17, 15) is 9.18 Å². The van der Waals surface area contributed by atoms with Crippen LogP contribution in [0.4, 0.5) is 22.0 Å². The van der Waals surface area contributed by atoms with E-state index in [2.05, 4.69) is 26.3 Å². The van der Waals surface area contributed by atoms with E-state index in [1.807, 2.05) is 6.07 Å². The fraction of sp³-hybridized carbons (Fsp3) is 0.0400. The summed E-state index contributed by atoms with van der Waals surface area (Å²) < 4.78 is 14.7. The van der Waals surface area contributed by atoms with Crippen LogP contribution in [0.5, 0.6) is 0 Å². The molecule has 2 heterocycles. The summed E-state index contributed by atoms with van der Waals surface area (Å²) in [6.45, 7) is 0. The van der Waals surface area contributed by atoms with Gasteiger partial charge in [-0.25, -0.2) is 9.37 Å². The summed E-state index contributed by atoms with van der Waals surface area (Å²) in [6.07, 6.45) is 0. The van der Waals surface area contributed by atoms with Crippen LogP contribution >= 0.6 is 11.8 Å². The zero-order valence-corrected chi connectivity index (χ0v) is 19.4. The molecule has 2 aromatic heterocycles. The summed E-state index contributed by atoms with van der Waals surface area (Å²) in [7, 11) is 0. The van der Waals surface area contributed by atoms with Gasteiger partial charge in [-0.2, -0.15) is 20.2 Å². The molecule has 11 heteroatoms. The number of hydrogen-bond donors (Lipinski definition) is 2. The third-order valence-corrected chi connectivity index (χ3v) is 6.06. The van der Waals surface area contributed by atoms with Gasteiger partial charge >= 0.3 is 0 Å². The number of hydrogen-bond acceptors (Lipinski definition) is 9. The van der Waals surface area contributed by atoms with Gasteiger partial charge in [0, 0.05) is 5.69 Å². The molecule has 0 aliphatic heterocycles. The van der Waals surface area contributed by atoms with Gasteiger partial charge in [0.2, 0.25) is 11.9 Å². The molecule has 176 valence electrons. The lowest BCUT2D eigenvalue weighted by Crippen LogP contribution is -2.21. The van der Waals surface area contributed by atoms with E-state index in [1.165, 1.54) is 28.5 Å². The van der Waals surface area contributed by atoms with Gasteiger partial charge in [-0.05, 0) is 60.7 Å². The average molecular weight is 497 g/mol. The Morgan fingerprint density at radius 2 is 1.72 bits per heavy atom. The van der Waals surface area contributed by atoms with E-state index in [0.717, 1.165) is 0 Å². The predicted molar refractivity (Wildman–Crippen MR) is 136 cm³/mol. The zero-order valence-electron chi connectivity index (χ0n) is 18.6. The summed E-state index contributed by atoms with van der Waals surface area (Å²) in [5, 5.41) is 13.0. The van der Waals surface area contributed by atoms with Crippen LogP contribution in [0.15, 0.2) is 82.7 Å². The minimum atomic E-state index is -0.357. The van der Waals surface area contributed by atoms with Crippen LogP contribution in [0.25, 0.3) is 16.6 Å². The molecule has 3 aromatic carbocycles. The van der Waals surface area contributed by atoms with Crippen molar-refractivity contribution in [2.75, 3.05) is 11.1 Å². The van der Waals surface area contributed by atoms with E-state index in [-0.39, 0.29) is 29.0 Å². The van der Waals surface area contributed by atoms with E-state index < -0.39 is 0 Å². The molecule has 9 nitrogen and oxygen atoms in total. The first-order valence-electron chi connectivity index (χ1n) is 10.7. The zero-order chi connectivity index (χ0) is 25.1. The van der Waals surface area contributed by atoms with Crippen molar-refractivity contribution in [3.8, 4) is 11.8 Å². The van der Waals surface area contributed by atoms with Crippen LogP contribution in [0, 0.1) is 17.1 Å². The molecule has 0 atom stereocenters. The molecule has 3 N–H and O–H groups in total. The average Bonchev–Trinajstić information content (AvgIpc) is 2.89. The van der Waals surface area contributed by atoms with Crippen molar-refractivity contribution in [3.63, 3.8) is 0 Å². The van der Waals surface area contributed by atoms with E-state index in [4.69, 9.17) is 16.0 Å². The summed E-state index contributed by atoms with van der Waals surface area (Å²) in [6, 6.07) is 21.6. The minimum Gasteiger partial charge on any atom is -0.368 e. The maximum atomic E-state index is 13.4. The number of fused-ring (bicyclic) bond motifs is 1. The molecule has 0 saturated heterocycles. The number of nitrogens with zero attached hydrogens (tertiary/aromatic N) is 6. The number of para-hydroxylation sites is 1. The number of nitrogens with two attached hydrogens (primary N) is 1. The van der Waals surface area contributed by atoms with Crippen LogP contribution in [-0.2, 0) is 5.75 Å². The highest BCUT2D eigenvalue weighted by Crippen LogP contribution is 2.25. The molecule has 36 heavy (non-hydrogen) atoms. The fourth-order valence-corrected chi connectivity index (χ4v) is 4.34. The van der Waals surface area contributed by atoms with Crippen molar-refractivity contribution in [3.05, 3.63) is 100 Å². The van der Waals surface area contributed by atoms with Crippen LogP contribution in [0.1, 0.15) is 11.4 Å². The summed E-state index contributed by atoms with van der Waals surface area (Å²) in [4.78, 5) is 30.8. The molecule has 0 amide bonds. The molecule has 5 aromatic rings. The monoisotopic (exact) mass is 496 g/mol. The first-order valence-corrected chi connectivity index (χ1v) is 11.7. The third kappa shape index (κ3) is 4.84.